The molecule has 5 heteroatoms. The molecule has 1 heterocycles. The summed E-state index contributed by atoms with van der Waals surface area (Å²) in [7, 11) is 1.52. The van der Waals surface area contributed by atoms with E-state index in [0.29, 0.717) is 37.6 Å². The molecule has 1 saturated heterocycles. The fourth-order valence-electron chi connectivity index (χ4n) is 2.06. The van der Waals surface area contributed by atoms with Crippen molar-refractivity contribution >= 4 is 6.29 Å². The van der Waals surface area contributed by atoms with Crippen molar-refractivity contribution in [2.75, 3.05) is 26.8 Å². The minimum Gasteiger partial charge on any atom is -0.496 e. The van der Waals surface area contributed by atoms with Gasteiger partial charge in [-0.1, -0.05) is 6.07 Å². The van der Waals surface area contributed by atoms with Gasteiger partial charge in [0.2, 0.25) is 0 Å². The summed E-state index contributed by atoms with van der Waals surface area (Å²) in [4.78, 5) is 12.7. The molecule has 0 spiro atoms. The zero-order chi connectivity index (χ0) is 13.0. The monoisotopic (exact) mass is 253 g/mol. The first-order valence-corrected chi connectivity index (χ1v) is 5.85. The summed E-state index contributed by atoms with van der Waals surface area (Å²) < 4.78 is 24.2. The van der Waals surface area contributed by atoms with Crippen molar-refractivity contribution in [1.29, 1.82) is 0 Å². The van der Waals surface area contributed by atoms with E-state index >= 15 is 0 Å². The van der Waals surface area contributed by atoms with Gasteiger partial charge in [-0.05, 0) is 12.1 Å². The van der Waals surface area contributed by atoms with E-state index in [4.69, 9.17) is 9.47 Å². The van der Waals surface area contributed by atoms with Crippen LogP contribution >= 0.6 is 0 Å². The van der Waals surface area contributed by atoms with Gasteiger partial charge < -0.3 is 14.3 Å². The van der Waals surface area contributed by atoms with Crippen molar-refractivity contribution in [3.8, 4) is 5.75 Å². The lowest BCUT2D eigenvalue weighted by atomic mass is 10.1. The number of carbonyl (C=O) groups excluding carboxylic acids is 1. The number of methoxy groups -OCH3 is 1. The lowest BCUT2D eigenvalue weighted by Gasteiger charge is -2.30. The van der Waals surface area contributed by atoms with Gasteiger partial charge in [0.1, 0.15) is 24.0 Å². The van der Waals surface area contributed by atoms with E-state index < -0.39 is 6.10 Å². The zero-order valence-corrected chi connectivity index (χ0v) is 10.3. The molecule has 1 aliphatic heterocycles. The normalized spacial score (nSPS) is 20.7. The van der Waals surface area contributed by atoms with E-state index in [1.807, 2.05) is 4.90 Å². The van der Waals surface area contributed by atoms with Gasteiger partial charge in [0.15, 0.2) is 0 Å². The maximum Gasteiger partial charge on any atom is 0.150 e. The van der Waals surface area contributed by atoms with Crippen LogP contribution in [0.3, 0.4) is 0 Å². The Morgan fingerprint density at radius 2 is 2.44 bits per heavy atom. The van der Waals surface area contributed by atoms with Gasteiger partial charge in [-0.25, -0.2) is 4.39 Å². The van der Waals surface area contributed by atoms with Gasteiger partial charge in [-0.3, -0.25) is 4.90 Å². The summed E-state index contributed by atoms with van der Waals surface area (Å²) in [5.74, 6) is 0.243. The molecule has 4 nitrogen and oxygen atoms in total. The Morgan fingerprint density at radius 3 is 3.17 bits per heavy atom. The highest BCUT2D eigenvalue weighted by Crippen LogP contribution is 2.23. The van der Waals surface area contributed by atoms with Crippen LogP contribution in [-0.4, -0.2) is 44.1 Å². The van der Waals surface area contributed by atoms with Crippen LogP contribution in [0.25, 0.3) is 0 Å². The highest BCUT2D eigenvalue weighted by molar-refractivity contribution is 5.56. The molecule has 0 amide bonds. The van der Waals surface area contributed by atoms with Crippen LogP contribution in [0.5, 0.6) is 5.75 Å². The number of hydrogen-bond donors (Lipinski definition) is 0. The first-order valence-electron chi connectivity index (χ1n) is 5.85. The summed E-state index contributed by atoms with van der Waals surface area (Å²) in [5, 5.41) is 0. The maximum absolute atomic E-state index is 13.8. The van der Waals surface area contributed by atoms with Crippen molar-refractivity contribution in [2.24, 2.45) is 0 Å². The van der Waals surface area contributed by atoms with E-state index in [2.05, 4.69) is 0 Å². The Morgan fingerprint density at radius 1 is 1.61 bits per heavy atom. The molecule has 1 aromatic rings. The average molecular weight is 253 g/mol. The largest absolute Gasteiger partial charge is 0.496 e. The van der Waals surface area contributed by atoms with Crippen molar-refractivity contribution in [3.63, 3.8) is 0 Å². The Kier molecular flexibility index (Phi) is 4.28. The first-order chi connectivity index (χ1) is 8.74. The molecule has 98 valence electrons. The predicted octanol–water partition coefficient (Wildman–Crippen LogP) is 1.23. The van der Waals surface area contributed by atoms with Gasteiger partial charge in [0, 0.05) is 25.2 Å². The molecule has 0 N–H and O–H groups in total. The number of halogens is 1. The second-order valence-corrected chi connectivity index (χ2v) is 4.20. The van der Waals surface area contributed by atoms with Crippen LogP contribution in [0.4, 0.5) is 4.39 Å². The topological polar surface area (TPSA) is 38.8 Å². The molecular formula is C13H16FNO3. The standard InChI is InChI=1S/C13H16FNO3/c1-17-13-4-2-3-12(14)11(13)8-15-5-6-18-10(7-15)9-16/h2-4,9-10H,5-8H2,1H3. The molecule has 0 aromatic heterocycles. The van der Waals surface area contributed by atoms with Gasteiger partial charge in [0.25, 0.3) is 0 Å². The summed E-state index contributed by atoms with van der Waals surface area (Å²) in [6.45, 7) is 2.08. The van der Waals surface area contributed by atoms with E-state index in [1.165, 1.54) is 13.2 Å². The smallest absolute Gasteiger partial charge is 0.150 e. The summed E-state index contributed by atoms with van der Waals surface area (Å²) >= 11 is 0. The fourth-order valence-corrected chi connectivity index (χ4v) is 2.06. The number of carbonyl (C=O) groups is 1. The van der Waals surface area contributed by atoms with Crippen molar-refractivity contribution < 1.29 is 18.7 Å². The molecule has 0 radical (unpaired) electrons. The lowest BCUT2D eigenvalue weighted by Crippen LogP contribution is -2.42. The third-order valence-electron chi connectivity index (χ3n) is 3.01. The van der Waals surface area contributed by atoms with Crippen molar-refractivity contribution in [2.45, 2.75) is 12.6 Å². The number of hydrogen-bond acceptors (Lipinski definition) is 4. The number of benzene rings is 1. The molecule has 2 rings (SSSR count). The summed E-state index contributed by atoms with van der Waals surface area (Å²) in [6, 6.07) is 4.76. The molecule has 1 atom stereocenters. The number of rotatable bonds is 4. The van der Waals surface area contributed by atoms with Crippen molar-refractivity contribution in [1.82, 2.24) is 4.90 Å². The van der Waals surface area contributed by atoms with E-state index in [9.17, 15) is 9.18 Å². The van der Waals surface area contributed by atoms with E-state index in [1.54, 1.807) is 12.1 Å². The van der Waals surface area contributed by atoms with Crippen LogP contribution < -0.4 is 4.74 Å². The number of morpholine rings is 1. The Bertz CT molecular complexity index is 425. The van der Waals surface area contributed by atoms with Gasteiger partial charge in [0.05, 0.1) is 13.7 Å². The molecule has 0 saturated carbocycles. The lowest BCUT2D eigenvalue weighted by molar-refractivity contribution is -0.123. The maximum atomic E-state index is 13.8. The van der Waals surface area contributed by atoms with Crippen molar-refractivity contribution in [3.05, 3.63) is 29.6 Å². The number of ether oxygens (including phenoxy) is 2. The molecule has 1 fully saturated rings. The number of nitrogens with zero attached hydrogens (tertiary/aromatic N) is 1. The van der Waals surface area contributed by atoms with Gasteiger partial charge in [-0.2, -0.15) is 0 Å². The quantitative estimate of drug-likeness (QED) is 0.757. The average Bonchev–Trinajstić information content (AvgIpc) is 2.41. The van der Waals surface area contributed by atoms with E-state index in [-0.39, 0.29) is 5.82 Å². The molecule has 0 bridgehead atoms. The highest BCUT2D eigenvalue weighted by Gasteiger charge is 2.22. The third kappa shape index (κ3) is 2.86. The van der Waals surface area contributed by atoms with Crippen LogP contribution in [0.15, 0.2) is 18.2 Å². The van der Waals surface area contributed by atoms with Crippen LogP contribution in [0, 0.1) is 5.82 Å². The summed E-state index contributed by atoms with van der Waals surface area (Å²) in [5.41, 5.74) is 0.520. The van der Waals surface area contributed by atoms with Crippen LogP contribution in [0.1, 0.15) is 5.56 Å². The SMILES string of the molecule is COc1cccc(F)c1CN1CCOC(C=O)C1. The minimum atomic E-state index is -0.420. The Balaban J connectivity index is 2.11. The van der Waals surface area contributed by atoms with Crippen LogP contribution in [0.2, 0.25) is 0 Å². The molecule has 1 aliphatic rings. The fraction of sp³-hybridized carbons (Fsp3) is 0.462. The molecule has 1 unspecified atom stereocenters. The second-order valence-electron chi connectivity index (χ2n) is 4.20. The Hall–Kier alpha value is -1.46. The van der Waals surface area contributed by atoms with Crippen LogP contribution in [-0.2, 0) is 16.1 Å². The second kappa shape index (κ2) is 5.93. The Labute approximate surface area is 105 Å². The highest BCUT2D eigenvalue weighted by atomic mass is 19.1. The summed E-state index contributed by atoms with van der Waals surface area (Å²) in [6.07, 6.45) is 0.363. The third-order valence-corrected chi connectivity index (χ3v) is 3.01. The first kappa shape index (κ1) is 13.0. The number of aldehydes is 1. The predicted molar refractivity (Wildman–Crippen MR) is 64.0 cm³/mol. The molecule has 1 aromatic carbocycles. The molecule has 0 aliphatic carbocycles. The molecular weight excluding hydrogens is 237 g/mol. The van der Waals surface area contributed by atoms with E-state index in [0.717, 1.165) is 6.29 Å². The molecule has 18 heavy (non-hydrogen) atoms. The van der Waals surface area contributed by atoms with Gasteiger partial charge in [-0.15, -0.1) is 0 Å². The minimum absolute atomic E-state index is 0.288. The zero-order valence-electron chi connectivity index (χ0n) is 10.3. The van der Waals surface area contributed by atoms with Gasteiger partial charge >= 0.3 is 0 Å².